The predicted molar refractivity (Wildman–Crippen MR) is 68.4 cm³/mol. The van der Waals surface area contributed by atoms with E-state index in [1.807, 2.05) is 6.92 Å². The Morgan fingerprint density at radius 2 is 2.26 bits per heavy atom. The van der Waals surface area contributed by atoms with E-state index in [1.165, 1.54) is 12.1 Å². The molecule has 2 atom stereocenters. The van der Waals surface area contributed by atoms with Crippen LogP contribution in [0.4, 0.5) is 8.78 Å². The van der Waals surface area contributed by atoms with Gasteiger partial charge in [0.2, 0.25) is 5.91 Å². The summed E-state index contributed by atoms with van der Waals surface area (Å²) in [7, 11) is 0. The summed E-state index contributed by atoms with van der Waals surface area (Å²) in [5.41, 5.74) is 5.91. The number of carbonyl (C=O) groups excluding carboxylic acids is 1. The molecule has 3 nitrogen and oxygen atoms in total. The molecule has 0 spiro atoms. The summed E-state index contributed by atoms with van der Waals surface area (Å²) < 4.78 is 26.5. The molecular formula is C14H18F2N2O. The minimum Gasteiger partial charge on any atom is -0.342 e. The van der Waals surface area contributed by atoms with Crippen molar-refractivity contribution in [2.75, 3.05) is 13.1 Å². The molecule has 2 unspecified atom stereocenters. The van der Waals surface area contributed by atoms with Crippen molar-refractivity contribution < 1.29 is 13.6 Å². The topological polar surface area (TPSA) is 46.3 Å². The highest BCUT2D eigenvalue weighted by atomic mass is 19.2. The molecule has 1 amide bonds. The van der Waals surface area contributed by atoms with E-state index in [2.05, 4.69) is 0 Å². The van der Waals surface area contributed by atoms with Gasteiger partial charge in [0.15, 0.2) is 11.6 Å². The van der Waals surface area contributed by atoms with E-state index >= 15 is 0 Å². The molecule has 19 heavy (non-hydrogen) atoms. The lowest BCUT2D eigenvalue weighted by Gasteiger charge is -2.18. The van der Waals surface area contributed by atoms with Gasteiger partial charge in [0.25, 0.3) is 0 Å². The van der Waals surface area contributed by atoms with Gasteiger partial charge < -0.3 is 10.6 Å². The van der Waals surface area contributed by atoms with Gasteiger partial charge in [-0.1, -0.05) is 12.1 Å². The second-order valence-corrected chi connectivity index (χ2v) is 5.14. The van der Waals surface area contributed by atoms with Crippen LogP contribution >= 0.6 is 0 Å². The number of amides is 1. The Morgan fingerprint density at radius 1 is 1.53 bits per heavy atom. The normalized spacial score (nSPS) is 20.6. The van der Waals surface area contributed by atoms with Gasteiger partial charge in [-0.05, 0) is 25.3 Å². The predicted octanol–water partition coefficient (Wildman–Crippen LogP) is 1.70. The van der Waals surface area contributed by atoms with Gasteiger partial charge >= 0.3 is 0 Å². The van der Waals surface area contributed by atoms with E-state index in [0.29, 0.717) is 19.0 Å². The Morgan fingerprint density at radius 3 is 2.89 bits per heavy atom. The fourth-order valence-corrected chi connectivity index (χ4v) is 2.40. The quantitative estimate of drug-likeness (QED) is 0.907. The second kappa shape index (κ2) is 5.65. The monoisotopic (exact) mass is 268 g/mol. The fourth-order valence-electron chi connectivity index (χ4n) is 2.40. The van der Waals surface area contributed by atoms with Gasteiger partial charge in [-0.25, -0.2) is 8.78 Å². The van der Waals surface area contributed by atoms with E-state index < -0.39 is 11.6 Å². The molecule has 2 rings (SSSR count). The van der Waals surface area contributed by atoms with Crippen LogP contribution in [-0.4, -0.2) is 29.9 Å². The van der Waals surface area contributed by atoms with Crippen molar-refractivity contribution in [2.24, 2.45) is 11.7 Å². The molecule has 0 bridgehead atoms. The van der Waals surface area contributed by atoms with Crippen LogP contribution in [-0.2, 0) is 11.2 Å². The summed E-state index contributed by atoms with van der Waals surface area (Å²) in [5.74, 6) is -1.73. The first kappa shape index (κ1) is 13.9. The third kappa shape index (κ3) is 3.10. The molecule has 1 saturated heterocycles. The van der Waals surface area contributed by atoms with Gasteiger partial charge in [-0.3, -0.25) is 4.79 Å². The molecule has 0 aromatic heterocycles. The van der Waals surface area contributed by atoms with Gasteiger partial charge in [0.05, 0.1) is 6.42 Å². The van der Waals surface area contributed by atoms with Crippen LogP contribution < -0.4 is 5.73 Å². The molecule has 104 valence electrons. The number of halogens is 2. The van der Waals surface area contributed by atoms with Gasteiger partial charge in [-0.15, -0.1) is 0 Å². The van der Waals surface area contributed by atoms with E-state index in [-0.39, 0.29) is 23.9 Å². The van der Waals surface area contributed by atoms with Gasteiger partial charge in [0.1, 0.15) is 0 Å². The number of likely N-dealkylation sites (tertiary alicyclic amines) is 1. The third-order valence-electron chi connectivity index (χ3n) is 3.69. The Hall–Kier alpha value is -1.49. The summed E-state index contributed by atoms with van der Waals surface area (Å²) >= 11 is 0. The number of nitrogens with zero attached hydrogens (tertiary/aromatic N) is 1. The molecule has 1 aliphatic heterocycles. The maximum absolute atomic E-state index is 13.5. The molecular weight excluding hydrogens is 250 g/mol. The highest BCUT2D eigenvalue weighted by Gasteiger charge is 2.28. The lowest BCUT2D eigenvalue weighted by Crippen LogP contribution is -2.33. The molecule has 0 saturated carbocycles. The smallest absolute Gasteiger partial charge is 0.227 e. The first-order valence-corrected chi connectivity index (χ1v) is 6.45. The molecule has 0 radical (unpaired) electrons. The van der Waals surface area contributed by atoms with Crippen molar-refractivity contribution in [2.45, 2.75) is 25.8 Å². The van der Waals surface area contributed by atoms with Crippen LogP contribution in [0.25, 0.3) is 0 Å². The number of carbonyl (C=O) groups is 1. The Kier molecular flexibility index (Phi) is 4.14. The van der Waals surface area contributed by atoms with E-state index in [9.17, 15) is 13.6 Å². The summed E-state index contributed by atoms with van der Waals surface area (Å²) in [6.07, 6.45) is 0.768. The van der Waals surface area contributed by atoms with Crippen LogP contribution in [0.1, 0.15) is 18.9 Å². The molecule has 1 fully saturated rings. The van der Waals surface area contributed by atoms with Gasteiger partial charge in [0, 0.05) is 24.7 Å². The summed E-state index contributed by atoms with van der Waals surface area (Å²) in [4.78, 5) is 13.7. The van der Waals surface area contributed by atoms with Crippen LogP contribution in [0, 0.1) is 17.6 Å². The Bertz CT molecular complexity index is 477. The van der Waals surface area contributed by atoms with Crippen molar-refractivity contribution in [1.29, 1.82) is 0 Å². The first-order valence-electron chi connectivity index (χ1n) is 6.45. The maximum atomic E-state index is 13.5. The zero-order valence-corrected chi connectivity index (χ0v) is 10.9. The summed E-state index contributed by atoms with van der Waals surface area (Å²) in [5, 5.41) is 0. The molecule has 1 aromatic rings. The highest BCUT2D eigenvalue weighted by Crippen LogP contribution is 2.20. The summed E-state index contributed by atoms with van der Waals surface area (Å²) in [6, 6.07) is 3.94. The number of hydrogen-bond donors (Lipinski definition) is 1. The zero-order chi connectivity index (χ0) is 14.0. The first-order chi connectivity index (χ1) is 8.99. The Balaban J connectivity index is 2.00. The molecule has 0 aliphatic carbocycles. The van der Waals surface area contributed by atoms with Crippen molar-refractivity contribution >= 4 is 5.91 Å². The molecule has 1 heterocycles. The van der Waals surface area contributed by atoms with E-state index in [0.717, 1.165) is 12.5 Å². The van der Waals surface area contributed by atoms with Crippen molar-refractivity contribution in [3.05, 3.63) is 35.4 Å². The lowest BCUT2D eigenvalue weighted by molar-refractivity contribution is -0.129. The number of rotatable bonds is 3. The van der Waals surface area contributed by atoms with Crippen molar-refractivity contribution in [3.8, 4) is 0 Å². The number of benzene rings is 1. The zero-order valence-electron chi connectivity index (χ0n) is 10.9. The number of hydrogen-bond acceptors (Lipinski definition) is 2. The largest absolute Gasteiger partial charge is 0.342 e. The standard InChI is InChI=1S/C14H18F2N2O/c1-9(17)11-5-6-18(8-11)13(19)7-10-3-2-4-12(15)14(10)16/h2-4,9,11H,5-8,17H2,1H3. The van der Waals surface area contributed by atoms with Crippen LogP contribution in [0.5, 0.6) is 0 Å². The van der Waals surface area contributed by atoms with Crippen molar-refractivity contribution in [1.82, 2.24) is 4.90 Å². The lowest BCUT2D eigenvalue weighted by atomic mass is 10.0. The summed E-state index contributed by atoms with van der Waals surface area (Å²) in [6.45, 7) is 3.17. The fraction of sp³-hybridized carbons (Fsp3) is 0.500. The molecule has 2 N–H and O–H groups in total. The molecule has 1 aliphatic rings. The molecule has 1 aromatic carbocycles. The third-order valence-corrected chi connectivity index (χ3v) is 3.69. The minimum absolute atomic E-state index is 0.0451. The van der Waals surface area contributed by atoms with Gasteiger partial charge in [-0.2, -0.15) is 0 Å². The highest BCUT2D eigenvalue weighted by molar-refractivity contribution is 5.79. The Labute approximate surface area is 111 Å². The van der Waals surface area contributed by atoms with E-state index in [4.69, 9.17) is 5.73 Å². The average molecular weight is 268 g/mol. The minimum atomic E-state index is -0.932. The average Bonchev–Trinajstić information content (AvgIpc) is 2.84. The van der Waals surface area contributed by atoms with Crippen LogP contribution in [0.2, 0.25) is 0 Å². The molecule has 5 heteroatoms. The van der Waals surface area contributed by atoms with E-state index in [1.54, 1.807) is 4.90 Å². The maximum Gasteiger partial charge on any atom is 0.227 e. The second-order valence-electron chi connectivity index (χ2n) is 5.14. The van der Waals surface area contributed by atoms with Crippen LogP contribution in [0.3, 0.4) is 0 Å². The SMILES string of the molecule is CC(N)C1CCN(C(=O)Cc2cccc(F)c2F)C1. The number of nitrogens with two attached hydrogens (primary N) is 1. The van der Waals surface area contributed by atoms with Crippen molar-refractivity contribution in [3.63, 3.8) is 0 Å². The van der Waals surface area contributed by atoms with Crippen LogP contribution in [0.15, 0.2) is 18.2 Å².